The van der Waals surface area contributed by atoms with E-state index in [4.69, 9.17) is 10.5 Å². The Balaban J connectivity index is 2.86. The van der Waals surface area contributed by atoms with Crippen LogP contribution >= 0.6 is 31.9 Å². The second kappa shape index (κ2) is 5.51. The zero-order chi connectivity index (χ0) is 15.0. The number of nitrogens with zero attached hydrogens (tertiary/aromatic N) is 2. The van der Waals surface area contributed by atoms with Gasteiger partial charge in [-0.05, 0) is 47.5 Å². The smallest absolute Gasteiger partial charge is 0.145 e. The number of benzene rings is 1. The fourth-order valence-corrected chi connectivity index (χ4v) is 3.54. The number of nitriles is 1. The molecule has 0 aliphatic rings. The van der Waals surface area contributed by atoms with E-state index in [2.05, 4.69) is 37.9 Å². The minimum absolute atomic E-state index is 0.420. The van der Waals surface area contributed by atoms with E-state index in [-0.39, 0.29) is 0 Å². The lowest BCUT2D eigenvalue weighted by molar-refractivity contribution is 0.412. The summed E-state index contributed by atoms with van der Waals surface area (Å²) in [4.78, 5) is 0. The Morgan fingerprint density at radius 3 is 2.45 bits per heavy atom. The molecule has 0 saturated carbocycles. The number of anilines is 1. The highest BCUT2D eigenvalue weighted by molar-refractivity contribution is 9.11. The average molecular weight is 399 g/mol. The second-order valence-electron chi connectivity index (χ2n) is 4.36. The van der Waals surface area contributed by atoms with Crippen LogP contribution in [0, 0.1) is 25.2 Å². The molecule has 1 heterocycles. The summed E-state index contributed by atoms with van der Waals surface area (Å²) in [5.41, 5.74) is 9.21. The standard InChI is InChI=1S/C14H13Br2N3O/c1-7-8(2)19(14(18)10(7)6-17)13-11(16)4-9(15)5-12(13)20-3/h4-5H,18H2,1-3H3. The maximum Gasteiger partial charge on any atom is 0.145 e. The molecule has 1 aromatic carbocycles. The van der Waals surface area contributed by atoms with E-state index in [9.17, 15) is 5.26 Å². The van der Waals surface area contributed by atoms with Gasteiger partial charge in [0.15, 0.2) is 0 Å². The molecule has 2 rings (SSSR count). The molecule has 104 valence electrons. The molecule has 1 aromatic heterocycles. The van der Waals surface area contributed by atoms with Crippen molar-refractivity contribution in [2.24, 2.45) is 0 Å². The van der Waals surface area contributed by atoms with E-state index in [1.807, 2.05) is 30.5 Å². The van der Waals surface area contributed by atoms with Crippen molar-refractivity contribution in [1.82, 2.24) is 4.57 Å². The summed E-state index contributed by atoms with van der Waals surface area (Å²) in [6.07, 6.45) is 0. The minimum atomic E-state index is 0.420. The van der Waals surface area contributed by atoms with Crippen LogP contribution in [0.1, 0.15) is 16.8 Å². The molecule has 0 aliphatic carbocycles. The SMILES string of the molecule is COc1cc(Br)cc(Br)c1-n1c(C)c(C)c(C#N)c1N. The maximum atomic E-state index is 9.23. The molecule has 2 aromatic rings. The van der Waals surface area contributed by atoms with Crippen LogP contribution in [0.15, 0.2) is 21.1 Å². The largest absolute Gasteiger partial charge is 0.494 e. The molecule has 0 unspecified atom stereocenters. The van der Waals surface area contributed by atoms with Crippen LogP contribution in [0.4, 0.5) is 5.82 Å². The maximum absolute atomic E-state index is 9.23. The molecule has 0 amide bonds. The van der Waals surface area contributed by atoms with E-state index >= 15 is 0 Å². The lowest BCUT2D eigenvalue weighted by Crippen LogP contribution is -2.05. The zero-order valence-corrected chi connectivity index (χ0v) is 14.5. The molecular formula is C14H13Br2N3O. The topological polar surface area (TPSA) is 64.0 Å². The molecule has 0 spiro atoms. The molecule has 2 N–H and O–H groups in total. The minimum Gasteiger partial charge on any atom is -0.494 e. The summed E-state index contributed by atoms with van der Waals surface area (Å²) in [6.45, 7) is 3.82. The number of hydrogen-bond acceptors (Lipinski definition) is 3. The monoisotopic (exact) mass is 397 g/mol. The van der Waals surface area contributed by atoms with Gasteiger partial charge in [0.2, 0.25) is 0 Å². The summed E-state index contributed by atoms with van der Waals surface area (Å²) in [5.74, 6) is 1.09. The number of ether oxygens (including phenoxy) is 1. The second-order valence-corrected chi connectivity index (χ2v) is 6.13. The lowest BCUT2D eigenvalue weighted by atomic mass is 10.2. The number of halogens is 2. The zero-order valence-electron chi connectivity index (χ0n) is 11.3. The van der Waals surface area contributed by atoms with Crippen molar-refractivity contribution in [3.63, 3.8) is 0 Å². The van der Waals surface area contributed by atoms with Crippen LogP contribution in [0.2, 0.25) is 0 Å². The Morgan fingerprint density at radius 1 is 1.30 bits per heavy atom. The van der Waals surface area contributed by atoms with Gasteiger partial charge in [0, 0.05) is 14.6 Å². The first-order valence-corrected chi connectivity index (χ1v) is 7.41. The van der Waals surface area contributed by atoms with Crippen molar-refractivity contribution in [3.05, 3.63) is 37.9 Å². The molecule has 0 bridgehead atoms. The van der Waals surface area contributed by atoms with E-state index in [0.717, 1.165) is 25.9 Å². The van der Waals surface area contributed by atoms with Crippen LogP contribution in [-0.4, -0.2) is 11.7 Å². The predicted molar refractivity (Wildman–Crippen MR) is 86.3 cm³/mol. The quantitative estimate of drug-likeness (QED) is 0.828. The van der Waals surface area contributed by atoms with Crippen molar-refractivity contribution in [2.45, 2.75) is 13.8 Å². The summed E-state index contributed by atoms with van der Waals surface area (Å²) in [5, 5.41) is 9.23. The van der Waals surface area contributed by atoms with Crippen molar-refractivity contribution in [3.8, 4) is 17.5 Å². The first-order valence-electron chi connectivity index (χ1n) is 5.83. The van der Waals surface area contributed by atoms with Crippen molar-refractivity contribution in [2.75, 3.05) is 12.8 Å². The van der Waals surface area contributed by atoms with E-state index < -0.39 is 0 Å². The third-order valence-electron chi connectivity index (χ3n) is 3.30. The fraction of sp³-hybridized carbons (Fsp3) is 0.214. The fourth-order valence-electron chi connectivity index (χ4n) is 2.18. The highest BCUT2D eigenvalue weighted by Crippen LogP contribution is 2.38. The lowest BCUT2D eigenvalue weighted by Gasteiger charge is -2.16. The van der Waals surface area contributed by atoms with Crippen molar-refractivity contribution in [1.29, 1.82) is 5.26 Å². The van der Waals surface area contributed by atoms with Crippen LogP contribution in [0.25, 0.3) is 5.69 Å². The van der Waals surface area contributed by atoms with Gasteiger partial charge in [-0.25, -0.2) is 0 Å². The Kier molecular flexibility index (Phi) is 4.11. The third-order valence-corrected chi connectivity index (χ3v) is 4.36. The molecule has 4 nitrogen and oxygen atoms in total. The molecule has 0 atom stereocenters. The number of rotatable bonds is 2. The van der Waals surface area contributed by atoms with Gasteiger partial charge in [-0.15, -0.1) is 0 Å². The third kappa shape index (κ3) is 2.21. The van der Waals surface area contributed by atoms with Gasteiger partial charge in [0.05, 0.1) is 12.7 Å². The summed E-state index contributed by atoms with van der Waals surface area (Å²) >= 11 is 6.96. The molecule has 0 aliphatic heterocycles. The van der Waals surface area contributed by atoms with Gasteiger partial charge in [0.25, 0.3) is 0 Å². The molecular weight excluding hydrogens is 386 g/mol. The summed E-state index contributed by atoms with van der Waals surface area (Å²) in [6, 6.07) is 5.93. The summed E-state index contributed by atoms with van der Waals surface area (Å²) in [7, 11) is 1.60. The molecule has 0 saturated heterocycles. The van der Waals surface area contributed by atoms with Gasteiger partial charge >= 0.3 is 0 Å². The molecule has 0 fully saturated rings. The van der Waals surface area contributed by atoms with Crippen LogP contribution in [0.3, 0.4) is 0 Å². The molecule has 0 radical (unpaired) electrons. The summed E-state index contributed by atoms with van der Waals surface area (Å²) < 4.78 is 9.00. The number of nitrogen functional groups attached to an aromatic ring is 1. The van der Waals surface area contributed by atoms with Gasteiger partial charge in [-0.3, -0.25) is 4.57 Å². The Labute approximate surface area is 134 Å². The van der Waals surface area contributed by atoms with E-state index in [1.54, 1.807) is 7.11 Å². The number of hydrogen-bond donors (Lipinski definition) is 1. The highest BCUT2D eigenvalue weighted by Gasteiger charge is 2.21. The highest BCUT2D eigenvalue weighted by atomic mass is 79.9. The predicted octanol–water partition coefficient (Wildman–Crippen LogP) is 4.08. The first kappa shape index (κ1) is 14.9. The Morgan fingerprint density at radius 2 is 1.95 bits per heavy atom. The van der Waals surface area contributed by atoms with Gasteiger partial charge < -0.3 is 10.5 Å². The van der Waals surface area contributed by atoms with Gasteiger partial charge in [0.1, 0.15) is 23.3 Å². The Bertz CT molecular complexity index is 729. The van der Waals surface area contributed by atoms with Crippen LogP contribution in [-0.2, 0) is 0 Å². The van der Waals surface area contributed by atoms with Crippen LogP contribution in [0.5, 0.6) is 5.75 Å². The molecule has 20 heavy (non-hydrogen) atoms. The number of nitrogens with two attached hydrogens (primary N) is 1. The van der Waals surface area contributed by atoms with Gasteiger partial charge in [-0.1, -0.05) is 15.9 Å². The van der Waals surface area contributed by atoms with Crippen molar-refractivity contribution < 1.29 is 4.74 Å². The van der Waals surface area contributed by atoms with E-state index in [1.165, 1.54) is 0 Å². The first-order chi connectivity index (χ1) is 9.42. The molecule has 6 heteroatoms. The number of aromatic nitrogens is 1. The van der Waals surface area contributed by atoms with Crippen LogP contribution < -0.4 is 10.5 Å². The normalized spacial score (nSPS) is 10.4. The van der Waals surface area contributed by atoms with Crippen molar-refractivity contribution >= 4 is 37.7 Å². The van der Waals surface area contributed by atoms with E-state index in [0.29, 0.717) is 17.1 Å². The van der Waals surface area contributed by atoms with Gasteiger partial charge in [-0.2, -0.15) is 5.26 Å². The number of methoxy groups -OCH3 is 1. The average Bonchev–Trinajstić information content (AvgIpc) is 2.60. The Hall–Kier alpha value is -1.45.